The van der Waals surface area contributed by atoms with Gasteiger partial charge < -0.3 is 20.1 Å². The number of benzene rings is 1. The minimum atomic E-state index is -0.743. The third-order valence-corrected chi connectivity index (χ3v) is 10.4. The maximum absolute atomic E-state index is 13.6. The van der Waals surface area contributed by atoms with Crippen LogP contribution < -0.4 is 5.73 Å². The Hall–Kier alpha value is -2.41. The van der Waals surface area contributed by atoms with Crippen LogP contribution in [0.5, 0.6) is 0 Å². The molecule has 0 aliphatic rings. The predicted octanol–water partition coefficient (Wildman–Crippen LogP) is 11.1. The molecule has 0 heterocycles. The van der Waals surface area contributed by atoms with Gasteiger partial charge in [0.15, 0.2) is 0 Å². The Morgan fingerprint density at radius 3 is 1.31 bits per heavy atom. The number of unbranched alkanes of at least 4 members (excludes halogenated alkanes) is 16. The molecule has 0 spiro atoms. The molecule has 300 valence electrons. The lowest BCUT2D eigenvalue weighted by Crippen LogP contribution is -2.47. The van der Waals surface area contributed by atoms with Crippen LogP contribution in [0.3, 0.4) is 0 Å². The van der Waals surface area contributed by atoms with E-state index in [1.807, 2.05) is 30.3 Å². The van der Waals surface area contributed by atoms with Gasteiger partial charge in [0, 0.05) is 0 Å². The molecule has 1 amide bonds. The second-order valence-electron chi connectivity index (χ2n) is 15.2. The second-order valence-corrected chi connectivity index (χ2v) is 15.2. The van der Waals surface area contributed by atoms with Crippen LogP contribution in [0, 0.1) is 11.8 Å². The summed E-state index contributed by atoms with van der Waals surface area (Å²) in [6.45, 7) is 9.44. The zero-order valence-electron chi connectivity index (χ0n) is 34.2. The van der Waals surface area contributed by atoms with E-state index in [0.29, 0.717) is 6.42 Å². The number of hydrogen-bond donors (Lipinski definition) is 1. The van der Waals surface area contributed by atoms with E-state index in [2.05, 4.69) is 27.7 Å². The van der Waals surface area contributed by atoms with Gasteiger partial charge in [0.05, 0.1) is 31.0 Å². The van der Waals surface area contributed by atoms with Gasteiger partial charge in [-0.05, 0) is 37.7 Å². The van der Waals surface area contributed by atoms with Crippen molar-refractivity contribution >= 4 is 17.8 Å². The number of nitrogens with two attached hydrogens (primary N) is 1. The minimum Gasteiger partial charge on any atom is -0.464 e. The number of carbonyl (C=O) groups is 3. The Morgan fingerprint density at radius 1 is 0.538 bits per heavy atom. The number of nitrogens with zero attached hydrogens (tertiary/aromatic N) is 1. The monoisotopic (exact) mass is 729 g/mol. The molecule has 7 heteroatoms. The fraction of sp³-hybridized carbons (Fsp3) is 0.800. The summed E-state index contributed by atoms with van der Waals surface area (Å²) in [6, 6.07) is 9.01. The van der Waals surface area contributed by atoms with Gasteiger partial charge in [-0.1, -0.05) is 186 Å². The standard InChI is InChI=1S/C45H80N2O5/c1-5-9-13-15-17-19-21-26-32-40(30-11-7-3)44(49)51-36-34-47(43(48)42(46)38-39-28-24-23-25-29-39)35-37-52-45(50)41(31-12-8-4)33-27-22-20-18-16-14-10-6-2/h23-25,28-29,40-42H,5-22,26-27,30-38,46H2,1-4H3. The Morgan fingerprint density at radius 2 is 0.904 bits per heavy atom. The van der Waals surface area contributed by atoms with Gasteiger partial charge in [-0.2, -0.15) is 0 Å². The molecule has 3 atom stereocenters. The average molecular weight is 729 g/mol. The fourth-order valence-electron chi connectivity index (χ4n) is 6.98. The zero-order valence-corrected chi connectivity index (χ0v) is 34.2. The largest absolute Gasteiger partial charge is 0.464 e. The molecule has 0 aliphatic heterocycles. The highest BCUT2D eigenvalue weighted by atomic mass is 16.5. The molecule has 0 saturated carbocycles. The Balaban J connectivity index is 2.74. The van der Waals surface area contributed by atoms with Gasteiger partial charge in [0.25, 0.3) is 0 Å². The Labute approximate surface area is 319 Å². The molecule has 2 N–H and O–H groups in total. The van der Waals surface area contributed by atoms with Crippen molar-refractivity contribution < 1.29 is 23.9 Å². The van der Waals surface area contributed by atoms with Crippen molar-refractivity contribution in [3.05, 3.63) is 35.9 Å². The van der Waals surface area contributed by atoms with Gasteiger partial charge in [0.2, 0.25) is 5.91 Å². The number of amides is 1. The lowest BCUT2D eigenvalue weighted by Gasteiger charge is -2.26. The third-order valence-electron chi connectivity index (χ3n) is 10.4. The molecule has 1 aromatic carbocycles. The van der Waals surface area contributed by atoms with Crippen molar-refractivity contribution in [1.29, 1.82) is 0 Å². The average Bonchev–Trinajstić information content (AvgIpc) is 3.15. The van der Waals surface area contributed by atoms with Crippen LogP contribution in [0.4, 0.5) is 0 Å². The van der Waals surface area contributed by atoms with Gasteiger partial charge >= 0.3 is 11.9 Å². The molecule has 0 aliphatic carbocycles. The van der Waals surface area contributed by atoms with Crippen molar-refractivity contribution in [2.45, 2.75) is 194 Å². The number of hydrogen-bond acceptors (Lipinski definition) is 6. The van der Waals surface area contributed by atoms with E-state index in [4.69, 9.17) is 15.2 Å². The summed E-state index contributed by atoms with van der Waals surface area (Å²) >= 11 is 0. The van der Waals surface area contributed by atoms with Crippen LogP contribution in [0.15, 0.2) is 30.3 Å². The Kier molecular flexibility index (Phi) is 30.4. The molecule has 0 radical (unpaired) electrons. The van der Waals surface area contributed by atoms with E-state index in [0.717, 1.165) is 82.6 Å². The van der Waals surface area contributed by atoms with E-state index in [9.17, 15) is 14.4 Å². The summed E-state index contributed by atoms with van der Waals surface area (Å²) in [5.41, 5.74) is 7.43. The van der Waals surface area contributed by atoms with Gasteiger partial charge in [-0.15, -0.1) is 0 Å². The van der Waals surface area contributed by atoms with E-state index in [1.54, 1.807) is 4.90 Å². The topological polar surface area (TPSA) is 98.9 Å². The molecular formula is C45H80N2O5. The normalized spacial score (nSPS) is 13.0. The first kappa shape index (κ1) is 47.6. The summed E-state index contributed by atoms with van der Waals surface area (Å²) in [7, 11) is 0. The van der Waals surface area contributed by atoms with Crippen LogP contribution in [-0.4, -0.2) is 55.1 Å². The zero-order chi connectivity index (χ0) is 38.1. The first-order valence-electron chi connectivity index (χ1n) is 21.8. The highest BCUT2D eigenvalue weighted by Crippen LogP contribution is 2.21. The van der Waals surface area contributed by atoms with Gasteiger partial charge in [0.1, 0.15) is 13.2 Å². The molecule has 0 bridgehead atoms. The maximum Gasteiger partial charge on any atom is 0.308 e. The lowest BCUT2D eigenvalue weighted by molar-refractivity contribution is -0.152. The fourth-order valence-corrected chi connectivity index (χ4v) is 6.98. The van der Waals surface area contributed by atoms with Gasteiger partial charge in [-0.3, -0.25) is 14.4 Å². The summed E-state index contributed by atoms with van der Waals surface area (Å²) in [6.07, 6.45) is 27.7. The van der Waals surface area contributed by atoms with E-state index >= 15 is 0 Å². The molecule has 1 aromatic rings. The predicted molar refractivity (Wildman–Crippen MR) is 217 cm³/mol. The summed E-state index contributed by atoms with van der Waals surface area (Å²) in [4.78, 5) is 41.7. The molecule has 0 saturated heterocycles. The minimum absolute atomic E-state index is 0.105. The van der Waals surface area contributed by atoms with Crippen molar-refractivity contribution in [3.8, 4) is 0 Å². The highest BCUT2D eigenvalue weighted by molar-refractivity contribution is 5.82. The van der Waals surface area contributed by atoms with E-state index in [-0.39, 0.29) is 56.0 Å². The summed E-state index contributed by atoms with van der Waals surface area (Å²) in [5.74, 6) is -0.760. The number of carbonyl (C=O) groups excluding carboxylic acids is 3. The van der Waals surface area contributed by atoms with Crippen molar-refractivity contribution in [3.63, 3.8) is 0 Å². The van der Waals surface area contributed by atoms with Gasteiger partial charge in [-0.25, -0.2) is 0 Å². The van der Waals surface area contributed by atoms with Crippen LogP contribution in [-0.2, 0) is 30.3 Å². The summed E-state index contributed by atoms with van der Waals surface area (Å²) < 4.78 is 11.6. The van der Waals surface area contributed by atoms with Crippen LogP contribution in [0.2, 0.25) is 0 Å². The molecule has 0 aromatic heterocycles. The maximum atomic E-state index is 13.6. The summed E-state index contributed by atoms with van der Waals surface area (Å²) in [5, 5.41) is 0. The SMILES string of the molecule is CCCCCCCCCCC(CCCC)C(=O)OCCN(CCOC(=O)C(CCCC)CCCCCCCCCC)C(=O)C(N)Cc1ccccc1. The molecular weight excluding hydrogens is 649 g/mol. The first-order valence-corrected chi connectivity index (χ1v) is 21.8. The number of esters is 2. The molecule has 7 nitrogen and oxygen atoms in total. The van der Waals surface area contributed by atoms with Crippen molar-refractivity contribution in [1.82, 2.24) is 4.90 Å². The smallest absolute Gasteiger partial charge is 0.308 e. The van der Waals surface area contributed by atoms with Crippen LogP contribution in [0.25, 0.3) is 0 Å². The lowest BCUT2D eigenvalue weighted by atomic mass is 9.95. The van der Waals surface area contributed by atoms with Crippen molar-refractivity contribution in [2.75, 3.05) is 26.3 Å². The quantitative estimate of drug-likeness (QED) is 0.0552. The number of rotatable bonds is 35. The molecule has 52 heavy (non-hydrogen) atoms. The first-order chi connectivity index (χ1) is 25.4. The van der Waals surface area contributed by atoms with Crippen molar-refractivity contribution in [2.24, 2.45) is 17.6 Å². The second kappa shape index (κ2) is 33.2. The molecule has 3 unspecified atom stereocenters. The van der Waals surface area contributed by atoms with E-state index in [1.165, 1.54) is 77.0 Å². The van der Waals surface area contributed by atoms with Crippen LogP contribution >= 0.6 is 0 Å². The molecule has 0 fully saturated rings. The Bertz CT molecular complexity index is 953. The third kappa shape index (κ3) is 24.0. The van der Waals surface area contributed by atoms with E-state index < -0.39 is 6.04 Å². The van der Waals surface area contributed by atoms with Crippen LogP contribution in [0.1, 0.15) is 187 Å². The molecule has 1 rings (SSSR count). The highest BCUT2D eigenvalue weighted by Gasteiger charge is 2.25. The number of ether oxygens (including phenoxy) is 2.